The first-order chi connectivity index (χ1) is 30.9. The molecule has 0 aliphatic carbocycles. The number of nitrogen functional groups attached to an aromatic ring is 1. The fourth-order valence-electron chi connectivity index (χ4n) is 8.47. The Morgan fingerprint density at radius 1 is 0.875 bits per heavy atom. The Morgan fingerprint density at radius 3 is 2.22 bits per heavy atom. The quantitative estimate of drug-likeness (QED) is 0.0369. The van der Waals surface area contributed by atoms with Crippen molar-refractivity contribution in [3.8, 4) is 11.8 Å². The summed E-state index contributed by atoms with van der Waals surface area (Å²) < 4.78 is 59.3. The number of nitrogens with two attached hydrogens (primary N) is 1. The van der Waals surface area contributed by atoms with Crippen molar-refractivity contribution in [2.75, 3.05) is 32.2 Å². The largest absolute Gasteiger partial charge is 0.472 e. The van der Waals surface area contributed by atoms with Gasteiger partial charge in [-0.15, -0.1) is 0 Å². The molecule has 0 bridgehead atoms. The van der Waals surface area contributed by atoms with Crippen LogP contribution in [0.25, 0.3) is 11.2 Å². The highest BCUT2D eigenvalue weighted by Crippen LogP contribution is 2.52. The number of phosphoric acid groups is 1. The topological polar surface area (TPSA) is 213 Å². The fraction of sp³-hybridized carbons (Fsp3) is 0.674. The maximum atomic E-state index is 13.5. The Bertz CT molecular complexity index is 2110. The molecular formula is C46H69N8O9P. The molecule has 17 nitrogen and oxygen atoms in total. The summed E-state index contributed by atoms with van der Waals surface area (Å²) in [6, 6.07) is 11.1. The lowest BCUT2D eigenvalue weighted by atomic mass is 9.97. The summed E-state index contributed by atoms with van der Waals surface area (Å²) in [6.45, 7) is 7.72. The number of ether oxygens (including phenoxy) is 5. The molecule has 352 valence electrons. The minimum Gasteiger partial charge on any atom is -0.382 e. The Labute approximate surface area is 377 Å². The van der Waals surface area contributed by atoms with Crippen LogP contribution in [-0.4, -0.2) is 90.4 Å². The number of fused-ring (bicyclic) bond motifs is 2. The monoisotopic (exact) mass is 908 g/mol. The minimum atomic E-state index is -4.67. The number of phosphoric ester groups is 1. The number of hydrogen-bond donors (Lipinski definition) is 2. The highest BCUT2D eigenvalue weighted by Gasteiger charge is 2.62. The number of hydrogen-bond acceptors (Lipinski definition) is 14. The van der Waals surface area contributed by atoms with Gasteiger partial charge < -0.3 is 34.3 Å². The molecule has 3 N–H and O–H groups in total. The molecule has 18 heteroatoms. The van der Waals surface area contributed by atoms with Crippen LogP contribution in [-0.2, 0) is 43.9 Å². The number of unbranched alkanes of at least 4 members (excludes halogenated alkanes) is 15. The molecule has 2 fully saturated rings. The second kappa shape index (κ2) is 24.1. The molecule has 64 heavy (non-hydrogen) atoms. The number of rotatable bonds is 30. The maximum absolute atomic E-state index is 13.5. The average Bonchev–Trinajstić information content (AvgIpc) is 4.08. The van der Waals surface area contributed by atoms with Crippen LogP contribution in [0, 0.1) is 11.3 Å². The van der Waals surface area contributed by atoms with Gasteiger partial charge in [-0.1, -0.05) is 109 Å². The van der Waals surface area contributed by atoms with Crippen LogP contribution >= 0.6 is 7.82 Å². The van der Waals surface area contributed by atoms with Gasteiger partial charge in [0.15, 0.2) is 11.6 Å². The maximum Gasteiger partial charge on any atom is 0.472 e. The molecule has 2 aliphatic rings. The molecule has 3 aromatic heterocycles. The van der Waals surface area contributed by atoms with Crippen LogP contribution in [0.3, 0.4) is 0 Å². The third kappa shape index (κ3) is 14.1. The van der Waals surface area contributed by atoms with Gasteiger partial charge in [-0.05, 0) is 57.0 Å². The zero-order valence-electron chi connectivity index (χ0n) is 38.1. The van der Waals surface area contributed by atoms with Crippen LogP contribution in [0.1, 0.15) is 153 Å². The number of aromatic nitrogens is 6. The van der Waals surface area contributed by atoms with Crippen LogP contribution in [0.15, 0.2) is 49.3 Å². The van der Waals surface area contributed by atoms with Crippen LogP contribution in [0.5, 0.6) is 0 Å². The average molecular weight is 909 g/mol. The van der Waals surface area contributed by atoms with Gasteiger partial charge in [0.25, 0.3) is 0 Å². The van der Waals surface area contributed by atoms with Gasteiger partial charge >= 0.3 is 7.82 Å². The van der Waals surface area contributed by atoms with Gasteiger partial charge in [0.05, 0.1) is 43.4 Å². The van der Waals surface area contributed by atoms with Crippen molar-refractivity contribution in [1.82, 2.24) is 29.4 Å². The van der Waals surface area contributed by atoms with Crippen molar-refractivity contribution in [3.63, 3.8) is 0 Å². The molecule has 2 aliphatic heterocycles. The zero-order valence-corrected chi connectivity index (χ0v) is 39.0. The molecule has 5 heterocycles. The highest BCUT2D eigenvalue weighted by molar-refractivity contribution is 7.47. The molecule has 1 aromatic carbocycles. The molecular weight excluding hydrogens is 840 g/mol. The molecule has 2 saturated heterocycles. The summed E-state index contributed by atoms with van der Waals surface area (Å²) >= 11 is 0. The van der Waals surface area contributed by atoms with Crippen molar-refractivity contribution in [2.45, 2.75) is 173 Å². The van der Waals surface area contributed by atoms with Crippen molar-refractivity contribution in [3.05, 3.63) is 66.1 Å². The minimum absolute atomic E-state index is 0.106. The van der Waals surface area contributed by atoms with Crippen molar-refractivity contribution in [1.29, 1.82) is 5.26 Å². The molecule has 0 radical (unpaired) electrons. The Hall–Kier alpha value is -3.82. The lowest BCUT2D eigenvalue weighted by Gasteiger charge is -2.31. The molecule has 4 aromatic rings. The summed E-state index contributed by atoms with van der Waals surface area (Å²) in [6.07, 6.45) is 22.2. The van der Waals surface area contributed by atoms with Crippen LogP contribution in [0.2, 0.25) is 0 Å². The first kappa shape index (κ1) is 49.6. The van der Waals surface area contributed by atoms with Gasteiger partial charge in [0, 0.05) is 6.61 Å². The van der Waals surface area contributed by atoms with Gasteiger partial charge in [-0.25, -0.2) is 23.7 Å². The number of anilines is 1. The van der Waals surface area contributed by atoms with E-state index in [0.717, 1.165) is 24.8 Å². The SMILES string of the molecule is CCCCCCCCCCCCCCCCCCOC[C@H](COP(=O)(O)OC[C@@]1(C)O[C@@H](c2ccc3c(N)ncnn23)[C@@H]2OC(C)(C)O[C@@H]21)OCc1ccc(C#N)c(-n2cncn2)c1. The standard InChI is InChI=1S/C46H69N8O9P/c1-5-6-7-8-9-10-11-12-13-14-15-16-17-18-19-20-25-57-29-37(58-28-35-21-22-36(27-47)40(26-35)53-34-49-32-51-53)30-59-64(55,56)60-31-46(4)43-42(61-45(2,3)63-43)41(62-46)38-23-24-39-44(48)50-33-52-54(38)39/h21-24,26,32-34,37,41-43H,5-20,25,28-31H2,1-4H3,(H,55,56)(H2,48,50,52)/t37-,41+,42+,43+,46-/m1/s1. The molecule has 1 unspecified atom stereocenters. The van der Waals surface area contributed by atoms with Gasteiger partial charge in [-0.3, -0.25) is 9.05 Å². The fourth-order valence-corrected chi connectivity index (χ4v) is 9.32. The van der Waals surface area contributed by atoms with E-state index in [2.05, 4.69) is 33.2 Å². The molecule has 0 saturated carbocycles. The summed E-state index contributed by atoms with van der Waals surface area (Å²) in [7, 11) is -4.67. The van der Waals surface area contributed by atoms with E-state index >= 15 is 0 Å². The van der Waals surface area contributed by atoms with Crippen LogP contribution < -0.4 is 5.73 Å². The third-order valence-corrected chi connectivity index (χ3v) is 12.9. The number of benzene rings is 1. The van der Waals surface area contributed by atoms with Crippen molar-refractivity contribution >= 4 is 19.2 Å². The van der Waals surface area contributed by atoms with E-state index in [-0.39, 0.29) is 26.4 Å². The van der Waals surface area contributed by atoms with E-state index in [1.54, 1.807) is 49.6 Å². The molecule has 0 amide bonds. The van der Waals surface area contributed by atoms with Gasteiger partial charge in [-0.2, -0.15) is 15.5 Å². The predicted molar refractivity (Wildman–Crippen MR) is 240 cm³/mol. The summed E-state index contributed by atoms with van der Waals surface area (Å²) in [5.74, 6) is -0.647. The summed E-state index contributed by atoms with van der Waals surface area (Å²) in [4.78, 5) is 19.1. The summed E-state index contributed by atoms with van der Waals surface area (Å²) in [5.41, 5.74) is 7.86. The molecule has 0 spiro atoms. The van der Waals surface area contributed by atoms with Crippen molar-refractivity contribution in [2.24, 2.45) is 0 Å². The lowest BCUT2D eigenvalue weighted by molar-refractivity contribution is -0.212. The van der Waals surface area contributed by atoms with E-state index < -0.39 is 43.6 Å². The Balaban J connectivity index is 0.980. The third-order valence-electron chi connectivity index (χ3n) is 11.9. The molecule has 6 rings (SSSR count). The first-order valence-corrected chi connectivity index (χ1v) is 24.7. The highest BCUT2D eigenvalue weighted by atomic mass is 31.2. The lowest BCUT2D eigenvalue weighted by Crippen LogP contribution is -2.44. The van der Waals surface area contributed by atoms with Crippen LogP contribution in [0.4, 0.5) is 5.82 Å². The van der Waals surface area contributed by atoms with Crippen molar-refractivity contribution < 1.29 is 42.2 Å². The van der Waals surface area contributed by atoms with Gasteiger partial charge in [0.2, 0.25) is 0 Å². The molecule has 6 atom stereocenters. The smallest absolute Gasteiger partial charge is 0.382 e. The van der Waals surface area contributed by atoms with E-state index in [1.165, 1.54) is 107 Å². The van der Waals surface area contributed by atoms with E-state index in [4.69, 9.17) is 38.5 Å². The van der Waals surface area contributed by atoms with E-state index in [0.29, 0.717) is 34.9 Å². The Kier molecular flexibility index (Phi) is 18.7. The number of nitrogens with zero attached hydrogens (tertiary/aromatic N) is 7. The summed E-state index contributed by atoms with van der Waals surface area (Å²) in [5, 5.41) is 18.2. The normalized spacial score (nSPS) is 21.8. The second-order valence-electron chi connectivity index (χ2n) is 17.7. The zero-order chi connectivity index (χ0) is 45.4. The van der Waals surface area contributed by atoms with E-state index in [1.807, 2.05) is 6.07 Å². The van der Waals surface area contributed by atoms with Gasteiger partial charge in [0.1, 0.15) is 60.6 Å². The number of nitriles is 1. The van der Waals surface area contributed by atoms with E-state index in [9.17, 15) is 14.7 Å². The predicted octanol–water partition coefficient (Wildman–Crippen LogP) is 9.11. The second-order valence-corrected chi connectivity index (χ2v) is 19.2. The Morgan fingerprint density at radius 2 is 1.56 bits per heavy atom. The first-order valence-electron chi connectivity index (χ1n) is 23.2.